The number of para-hydroxylation sites is 1. The largest absolute Gasteiger partial charge is 0.324 e. The zero-order valence-corrected chi connectivity index (χ0v) is 13.5. The van der Waals surface area contributed by atoms with Gasteiger partial charge in [0.15, 0.2) is 0 Å². The SMILES string of the molecule is Cc1cc(C)cc(CSCC(=O)Nc2ccccc2C#N)c1. The van der Waals surface area contributed by atoms with Gasteiger partial charge in [0.25, 0.3) is 0 Å². The number of benzene rings is 2. The van der Waals surface area contributed by atoms with Gasteiger partial charge in [-0.2, -0.15) is 5.26 Å². The van der Waals surface area contributed by atoms with Crippen LogP contribution in [-0.2, 0) is 10.5 Å². The van der Waals surface area contributed by atoms with Crippen molar-refractivity contribution >= 4 is 23.4 Å². The molecule has 0 aliphatic rings. The van der Waals surface area contributed by atoms with Crippen LogP contribution in [0.3, 0.4) is 0 Å². The Morgan fingerprint density at radius 3 is 2.55 bits per heavy atom. The van der Waals surface area contributed by atoms with Gasteiger partial charge in [0, 0.05) is 5.75 Å². The molecule has 0 heterocycles. The van der Waals surface area contributed by atoms with E-state index in [0.29, 0.717) is 17.0 Å². The van der Waals surface area contributed by atoms with Crippen molar-refractivity contribution in [3.8, 4) is 6.07 Å². The van der Waals surface area contributed by atoms with Crippen molar-refractivity contribution < 1.29 is 4.79 Å². The topological polar surface area (TPSA) is 52.9 Å². The van der Waals surface area contributed by atoms with Crippen molar-refractivity contribution in [1.29, 1.82) is 5.26 Å². The van der Waals surface area contributed by atoms with E-state index < -0.39 is 0 Å². The van der Waals surface area contributed by atoms with E-state index in [1.807, 2.05) is 0 Å². The van der Waals surface area contributed by atoms with Gasteiger partial charge in [0.2, 0.25) is 5.91 Å². The summed E-state index contributed by atoms with van der Waals surface area (Å²) in [5.74, 6) is 1.08. The van der Waals surface area contributed by atoms with Crippen molar-refractivity contribution in [2.45, 2.75) is 19.6 Å². The molecule has 0 fully saturated rings. The van der Waals surface area contributed by atoms with Gasteiger partial charge in [-0.1, -0.05) is 41.5 Å². The third-order valence-electron chi connectivity index (χ3n) is 3.10. The number of nitrogens with one attached hydrogen (secondary N) is 1. The Morgan fingerprint density at radius 1 is 1.18 bits per heavy atom. The zero-order chi connectivity index (χ0) is 15.9. The van der Waals surface area contributed by atoms with E-state index in [9.17, 15) is 4.79 Å². The summed E-state index contributed by atoms with van der Waals surface area (Å²) < 4.78 is 0. The summed E-state index contributed by atoms with van der Waals surface area (Å²) in [6.45, 7) is 4.15. The number of carbonyl (C=O) groups is 1. The van der Waals surface area contributed by atoms with Gasteiger partial charge >= 0.3 is 0 Å². The molecule has 0 aromatic heterocycles. The number of carbonyl (C=O) groups excluding carboxylic acids is 1. The maximum atomic E-state index is 12.0. The van der Waals surface area contributed by atoms with Crippen LogP contribution in [0.1, 0.15) is 22.3 Å². The maximum Gasteiger partial charge on any atom is 0.234 e. The second-order valence-electron chi connectivity index (χ2n) is 5.19. The molecule has 2 rings (SSSR count). The highest BCUT2D eigenvalue weighted by Crippen LogP contribution is 2.17. The molecule has 0 spiro atoms. The van der Waals surface area contributed by atoms with E-state index in [4.69, 9.17) is 5.26 Å². The molecule has 0 aliphatic carbocycles. The van der Waals surface area contributed by atoms with Crippen LogP contribution in [0.15, 0.2) is 42.5 Å². The molecule has 0 unspecified atom stereocenters. The monoisotopic (exact) mass is 310 g/mol. The quantitative estimate of drug-likeness (QED) is 0.906. The standard InChI is InChI=1S/C18H18N2OS/c1-13-7-14(2)9-15(8-13)11-22-12-18(21)20-17-6-4-3-5-16(17)10-19/h3-9H,11-12H2,1-2H3,(H,20,21). The van der Waals surface area contributed by atoms with Crippen LogP contribution in [-0.4, -0.2) is 11.7 Å². The van der Waals surface area contributed by atoms with E-state index in [0.717, 1.165) is 5.75 Å². The van der Waals surface area contributed by atoms with E-state index >= 15 is 0 Å². The zero-order valence-electron chi connectivity index (χ0n) is 12.7. The van der Waals surface area contributed by atoms with E-state index in [2.05, 4.69) is 43.4 Å². The molecule has 2 aromatic carbocycles. The Labute approximate surface area is 135 Å². The molecule has 0 bridgehead atoms. The second-order valence-corrected chi connectivity index (χ2v) is 6.18. The number of nitriles is 1. The number of hydrogen-bond donors (Lipinski definition) is 1. The first-order valence-corrected chi connectivity index (χ1v) is 8.18. The summed E-state index contributed by atoms with van der Waals surface area (Å²) in [7, 11) is 0. The van der Waals surface area contributed by atoms with Crippen molar-refractivity contribution in [1.82, 2.24) is 0 Å². The number of thioether (sulfide) groups is 1. The van der Waals surface area contributed by atoms with Crippen LogP contribution >= 0.6 is 11.8 Å². The lowest BCUT2D eigenvalue weighted by Crippen LogP contribution is -2.15. The first kappa shape index (κ1) is 16.1. The van der Waals surface area contributed by atoms with Gasteiger partial charge in [0.05, 0.1) is 17.0 Å². The highest BCUT2D eigenvalue weighted by molar-refractivity contribution is 7.99. The fraction of sp³-hybridized carbons (Fsp3) is 0.222. The number of nitrogens with zero attached hydrogens (tertiary/aromatic N) is 1. The highest BCUT2D eigenvalue weighted by atomic mass is 32.2. The number of rotatable bonds is 5. The molecule has 1 amide bonds. The molecule has 22 heavy (non-hydrogen) atoms. The van der Waals surface area contributed by atoms with E-state index in [-0.39, 0.29) is 5.91 Å². The van der Waals surface area contributed by atoms with Gasteiger partial charge in [0.1, 0.15) is 6.07 Å². The third-order valence-corrected chi connectivity index (χ3v) is 4.11. The number of anilines is 1. The summed E-state index contributed by atoms with van der Waals surface area (Å²) in [5, 5.41) is 11.8. The molecule has 3 nitrogen and oxygen atoms in total. The lowest BCUT2D eigenvalue weighted by atomic mass is 10.1. The third kappa shape index (κ3) is 4.64. The highest BCUT2D eigenvalue weighted by Gasteiger charge is 2.06. The van der Waals surface area contributed by atoms with E-state index in [1.54, 1.807) is 36.0 Å². The fourth-order valence-corrected chi connectivity index (χ4v) is 3.05. The minimum absolute atomic E-state index is 0.0860. The summed E-state index contributed by atoms with van der Waals surface area (Å²) in [4.78, 5) is 12.0. The first-order valence-electron chi connectivity index (χ1n) is 7.02. The summed E-state index contributed by atoms with van der Waals surface area (Å²) >= 11 is 1.57. The average Bonchev–Trinajstić information content (AvgIpc) is 2.46. The number of aryl methyl sites for hydroxylation is 2. The predicted octanol–water partition coefficient (Wildman–Crippen LogP) is 4.05. The van der Waals surface area contributed by atoms with Crippen LogP contribution in [0.2, 0.25) is 0 Å². The number of hydrogen-bond acceptors (Lipinski definition) is 3. The van der Waals surface area contributed by atoms with Crippen LogP contribution in [0, 0.1) is 25.2 Å². The Morgan fingerprint density at radius 2 is 1.86 bits per heavy atom. The smallest absolute Gasteiger partial charge is 0.234 e. The molecule has 112 valence electrons. The van der Waals surface area contributed by atoms with Crippen LogP contribution in [0.4, 0.5) is 5.69 Å². The minimum Gasteiger partial charge on any atom is -0.324 e. The second kappa shape index (κ2) is 7.67. The van der Waals surface area contributed by atoms with Gasteiger partial charge in [-0.05, 0) is 31.5 Å². The van der Waals surface area contributed by atoms with Gasteiger partial charge in [-0.25, -0.2) is 0 Å². The van der Waals surface area contributed by atoms with Crippen molar-refractivity contribution in [3.63, 3.8) is 0 Å². The maximum absolute atomic E-state index is 12.0. The van der Waals surface area contributed by atoms with Gasteiger partial charge in [-0.3, -0.25) is 4.79 Å². The Kier molecular flexibility index (Phi) is 5.62. The molecule has 0 aliphatic heterocycles. The molecule has 0 radical (unpaired) electrons. The Hall–Kier alpha value is -2.25. The molecule has 0 atom stereocenters. The fourth-order valence-electron chi connectivity index (χ4n) is 2.29. The normalized spacial score (nSPS) is 10.0. The molecular weight excluding hydrogens is 292 g/mol. The molecule has 2 aromatic rings. The lowest BCUT2D eigenvalue weighted by Gasteiger charge is -2.07. The molecule has 1 N–H and O–H groups in total. The first-order chi connectivity index (χ1) is 10.6. The van der Waals surface area contributed by atoms with Crippen molar-refractivity contribution in [2.75, 3.05) is 11.1 Å². The van der Waals surface area contributed by atoms with Crippen LogP contribution < -0.4 is 5.32 Å². The predicted molar refractivity (Wildman–Crippen MR) is 91.9 cm³/mol. The number of amides is 1. The summed E-state index contributed by atoms with van der Waals surface area (Å²) in [6.07, 6.45) is 0. The molecule has 0 saturated heterocycles. The van der Waals surface area contributed by atoms with Crippen LogP contribution in [0.25, 0.3) is 0 Å². The van der Waals surface area contributed by atoms with Gasteiger partial charge < -0.3 is 5.32 Å². The van der Waals surface area contributed by atoms with Crippen LogP contribution in [0.5, 0.6) is 0 Å². The average molecular weight is 310 g/mol. The molecule has 0 saturated carbocycles. The van der Waals surface area contributed by atoms with Gasteiger partial charge in [-0.15, -0.1) is 11.8 Å². The van der Waals surface area contributed by atoms with Crippen molar-refractivity contribution in [3.05, 3.63) is 64.7 Å². The minimum atomic E-state index is -0.0860. The molecular formula is C18H18N2OS. The summed E-state index contributed by atoms with van der Waals surface area (Å²) in [5.41, 5.74) is 4.76. The summed E-state index contributed by atoms with van der Waals surface area (Å²) in [6, 6.07) is 15.5. The Balaban J connectivity index is 1.87. The van der Waals surface area contributed by atoms with E-state index in [1.165, 1.54) is 16.7 Å². The van der Waals surface area contributed by atoms with Crippen molar-refractivity contribution in [2.24, 2.45) is 0 Å². The Bertz CT molecular complexity index is 699. The lowest BCUT2D eigenvalue weighted by molar-refractivity contribution is -0.113. The molecule has 4 heteroatoms.